The maximum atomic E-state index is 14.2. The molecule has 1 unspecified atom stereocenters. The Bertz CT molecular complexity index is 1620. The minimum absolute atomic E-state index is 0.0635. The molecule has 4 aromatic carbocycles. The fraction of sp³-hybridized carbons (Fsp3) is 0.265. The molecule has 0 bridgehead atoms. The zero-order valence-corrected chi connectivity index (χ0v) is 23.7. The van der Waals surface area contributed by atoms with Crippen LogP contribution in [0.4, 0.5) is 4.79 Å². The number of amides is 4. The smallest absolute Gasteiger partial charge is 0.320 e. The van der Waals surface area contributed by atoms with Crippen molar-refractivity contribution in [3.05, 3.63) is 114 Å². The Kier molecular flexibility index (Phi) is 7.98. The second-order valence-electron chi connectivity index (χ2n) is 11.0. The van der Waals surface area contributed by atoms with Crippen LogP contribution in [0.5, 0.6) is 5.75 Å². The lowest BCUT2D eigenvalue weighted by molar-refractivity contribution is -0.153. The van der Waals surface area contributed by atoms with Gasteiger partial charge in [0.05, 0.1) is 6.54 Å². The van der Waals surface area contributed by atoms with Crippen LogP contribution >= 0.6 is 0 Å². The molecule has 0 aliphatic carbocycles. The van der Waals surface area contributed by atoms with Crippen molar-refractivity contribution in [2.24, 2.45) is 0 Å². The summed E-state index contributed by atoms with van der Waals surface area (Å²) in [5, 5.41) is 24.7. The van der Waals surface area contributed by atoms with Crippen LogP contribution in [0.15, 0.2) is 97.1 Å². The van der Waals surface area contributed by atoms with E-state index in [0.717, 1.165) is 27.5 Å². The van der Waals surface area contributed by atoms with E-state index in [0.29, 0.717) is 6.54 Å². The van der Waals surface area contributed by atoms with Crippen LogP contribution < -0.4 is 5.32 Å². The number of hydrogen-bond donors (Lipinski definition) is 3. The van der Waals surface area contributed by atoms with Gasteiger partial charge in [-0.25, -0.2) is 4.79 Å². The van der Waals surface area contributed by atoms with Crippen LogP contribution in [0, 0.1) is 0 Å². The molecule has 9 nitrogen and oxygen atoms in total. The fourth-order valence-corrected chi connectivity index (χ4v) is 6.28. The number of piperazine rings is 1. The van der Waals surface area contributed by atoms with Gasteiger partial charge in [-0.15, -0.1) is 0 Å². The van der Waals surface area contributed by atoms with E-state index in [4.69, 9.17) is 0 Å². The molecule has 3 atom stereocenters. The third-order valence-corrected chi connectivity index (χ3v) is 8.36. The normalized spacial score (nSPS) is 20.0. The molecule has 0 radical (unpaired) electrons. The van der Waals surface area contributed by atoms with Crippen LogP contribution in [0.1, 0.15) is 23.1 Å². The number of hydrogen-bond acceptors (Lipinski definition) is 5. The predicted octanol–water partition coefficient (Wildman–Crippen LogP) is 3.63. The predicted molar refractivity (Wildman–Crippen MR) is 162 cm³/mol. The lowest BCUT2D eigenvalue weighted by Gasteiger charge is -2.44. The average molecular weight is 579 g/mol. The van der Waals surface area contributed by atoms with Gasteiger partial charge in [0.1, 0.15) is 24.0 Å². The van der Waals surface area contributed by atoms with Crippen LogP contribution in [-0.2, 0) is 29.1 Å². The van der Waals surface area contributed by atoms with Crippen LogP contribution in [0.2, 0.25) is 0 Å². The lowest BCUT2D eigenvalue weighted by Crippen LogP contribution is -2.64. The molecule has 6 rings (SSSR count). The number of aliphatic hydroxyl groups excluding tert-OH is 1. The Balaban J connectivity index is 1.35. The minimum Gasteiger partial charge on any atom is -0.508 e. The number of benzene rings is 4. The standard InChI is InChI=1S/C34H34N4O5/c39-18-17-29-33(42)37-30(19-23-13-15-27(40)16-14-23)32(41)36(21-26-11-6-10-25-9-4-5-12-28(25)26)22-31(37)38(29)34(43)35-20-24-7-2-1-3-8-24/h1-16,29-31,39-40H,17-22H2,(H,35,43)/t29-,30+,31?/m1/s1. The molecule has 0 aromatic heterocycles. The van der Waals surface area contributed by atoms with E-state index >= 15 is 0 Å². The van der Waals surface area contributed by atoms with Crippen molar-refractivity contribution >= 4 is 28.6 Å². The Labute approximate surface area is 249 Å². The molecule has 4 aromatic rings. The number of fused-ring (bicyclic) bond motifs is 2. The number of carbonyl (C=O) groups is 3. The van der Waals surface area contributed by atoms with E-state index < -0.39 is 24.3 Å². The van der Waals surface area contributed by atoms with Gasteiger partial charge in [-0.05, 0) is 39.6 Å². The second-order valence-corrected chi connectivity index (χ2v) is 11.0. The van der Waals surface area contributed by atoms with Gasteiger partial charge in [-0.3, -0.25) is 14.5 Å². The molecule has 2 heterocycles. The second kappa shape index (κ2) is 12.1. The van der Waals surface area contributed by atoms with Gasteiger partial charge in [0.25, 0.3) is 0 Å². The first-order valence-corrected chi connectivity index (χ1v) is 14.5. The molecule has 43 heavy (non-hydrogen) atoms. The summed E-state index contributed by atoms with van der Waals surface area (Å²) in [5.41, 5.74) is 2.67. The summed E-state index contributed by atoms with van der Waals surface area (Å²) >= 11 is 0. The van der Waals surface area contributed by atoms with E-state index in [1.165, 1.54) is 9.80 Å². The highest BCUT2D eigenvalue weighted by Gasteiger charge is 2.55. The SMILES string of the molecule is O=C1[C@H](Cc2ccc(O)cc2)N2C(=O)[C@@H](CCO)N(C(=O)NCc3ccccc3)C2CN1Cc1cccc2ccccc12. The number of aromatic hydroxyl groups is 1. The molecule has 3 N–H and O–H groups in total. The van der Waals surface area contributed by atoms with Crippen molar-refractivity contribution in [3.63, 3.8) is 0 Å². The molecule has 4 amide bonds. The molecular weight excluding hydrogens is 544 g/mol. The molecule has 2 saturated heterocycles. The first kappa shape index (κ1) is 28.2. The molecule has 2 fully saturated rings. The molecule has 9 heteroatoms. The first-order valence-electron chi connectivity index (χ1n) is 14.5. The van der Waals surface area contributed by atoms with Crippen molar-refractivity contribution < 1.29 is 24.6 Å². The summed E-state index contributed by atoms with van der Waals surface area (Å²) in [6.07, 6.45) is -0.429. The van der Waals surface area contributed by atoms with Gasteiger partial charge in [-0.2, -0.15) is 0 Å². The van der Waals surface area contributed by atoms with Gasteiger partial charge < -0.3 is 25.3 Å². The largest absolute Gasteiger partial charge is 0.508 e. The van der Waals surface area contributed by atoms with E-state index in [-0.39, 0.29) is 50.1 Å². The van der Waals surface area contributed by atoms with Gasteiger partial charge >= 0.3 is 6.03 Å². The summed E-state index contributed by atoms with van der Waals surface area (Å²) in [5.74, 6) is -0.452. The maximum absolute atomic E-state index is 14.2. The number of urea groups is 1. The van der Waals surface area contributed by atoms with Crippen molar-refractivity contribution in [1.29, 1.82) is 0 Å². The zero-order chi connectivity index (χ0) is 29.9. The van der Waals surface area contributed by atoms with Crippen molar-refractivity contribution in [3.8, 4) is 5.75 Å². The number of aliphatic hydroxyl groups is 1. The zero-order valence-electron chi connectivity index (χ0n) is 23.7. The van der Waals surface area contributed by atoms with Gasteiger partial charge in [0, 0.05) is 32.5 Å². The highest BCUT2D eigenvalue weighted by molar-refractivity contribution is 5.96. The lowest BCUT2D eigenvalue weighted by atomic mass is 9.98. The van der Waals surface area contributed by atoms with E-state index in [1.807, 2.05) is 72.8 Å². The first-order chi connectivity index (χ1) is 20.9. The molecule has 220 valence electrons. The molecule has 2 aliphatic rings. The van der Waals surface area contributed by atoms with Gasteiger partial charge in [0.2, 0.25) is 11.8 Å². The summed E-state index contributed by atoms with van der Waals surface area (Å²) in [4.78, 5) is 46.7. The van der Waals surface area contributed by atoms with E-state index in [1.54, 1.807) is 29.2 Å². The third kappa shape index (κ3) is 5.63. The van der Waals surface area contributed by atoms with Gasteiger partial charge in [0.15, 0.2) is 0 Å². The topological polar surface area (TPSA) is 113 Å². The Morgan fingerprint density at radius 2 is 1.53 bits per heavy atom. The van der Waals surface area contributed by atoms with E-state index in [9.17, 15) is 24.6 Å². The Morgan fingerprint density at radius 1 is 0.814 bits per heavy atom. The number of phenols is 1. The van der Waals surface area contributed by atoms with E-state index in [2.05, 4.69) is 5.32 Å². The number of nitrogens with one attached hydrogen (secondary N) is 1. The molecule has 0 saturated carbocycles. The van der Waals surface area contributed by atoms with Crippen LogP contribution in [0.25, 0.3) is 10.8 Å². The van der Waals surface area contributed by atoms with Gasteiger partial charge in [-0.1, -0.05) is 84.9 Å². The number of rotatable bonds is 8. The average Bonchev–Trinajstić information content (AvgIpc) is 3.30. The summed E-state index contributed by atoms with van der Waals surface area (Å²) < 4.78 is 0. The number of carbonyl (C=O) groups excluding carboxylic acids is 3. The van der Waals surface area contributed by atoms with Crippen LogP contribution in [0.3, 0.4) is 0 Å². The summed E-state index contributed by atoms with van der Waals surface area (Å²) in [7, 11) is 0. The molecule has 2 aliphatic heterocycles. The number of phenolic OH excluding ortho intramolecular Hbond substituents is 1. The minimum atomic E-state index is -0.904. The fourth-order valence-electron chi connectivity index (χ4n) is 6.28. The third-order valence-electron chi connectivity index (χ3n) is 8.36. The highest BCUT2D eigenvalue weighted by atomic mass is 16.3. The van der Waals surface area contributed by atoms with Crippen molar-refractivity contribution in [2.75, 3.05) is 13.2 Å². The highest BCUT2D eigenvalue weighted by Crippen LogP contribution is 2.34. The Morgan fingerprint density at radius 3 is 2.30 bits per heavy atom. The quantitative estimate of drug-likeness (QED) is 0.296. The number of nitrogens with zero attached hydrogens (tertiary/aromatic N) is 3. The molecule has 0 spiro atoms. The Hall–Kier alpha value is -4.89. The summed E-state index contributed by atoms with van der Waals surface area (Å²) in [6.45, 7) is 0.448. The molecular formula is C34H34N4O5. The summed E-state index contributed by atoms with van der Waals surface area (Å²) in [6, 6.07) is 27.9. The monoisotopic (exact) mass is 578 g/mol. The maximum Gasteiger partial charge on any atom is 0.320 e. The van der Waals surface area contributed by atoms with Crippen LogP contribution in [-0.4, -0.2) is 74.2 Å². The van der Waals surface area contributed by atoms with Crippen molar-refractivity contribution in [2.45, 2.75) is 44.2 Å². The van der Waals surface area contributed by atoms with Crippen molar-refractivity contribution in [1.82, 2.24) is 20.0 Å².